The number of aliphatic hydroxyl groups is 1. The third-order valence-electron chi connectivity index (χ3n) is 4.27. The predicted octanol–water partition coefficient (Wildman–Crippen LogP) is 1.95. The molecule has 0 spiro atoms. The van der Waals surface area contributed by atoms with E-state index in [-0.39, 0.29) is 11.4 Å². The van der Waals surface area contributed by atoms with Crippen molar-refractivity contribution in [2.45, 2.75) is 19.4 Å². The molecule has 1 unspecified atom stereocenters. The number of hydrogen-bond acceptors (Lipinski definition) is 5. The molecule has 7 heteroatoms. The molecule has 130 valence electrons. The lowest BCUT2D eigenvalue weighted by atomic mass is 9.96. The molecule has 25 heavy (non-hydrogen) atoms. The quantitative estimate of drug-likeness (QED) is 0.837. The van der Waals surface area contributed by atoms with Crippen LogP contribution in [-0.4, -0.2) is 45.3 Å². The van der Waals surface area contributed by atoms with E-state index in [2.05, 4.69) is 9.97 Å². The Labute approximate surface area is 144 Å². The summed E-state index contributed by atoms with van der Waals surface area (Å²) in [6, 6.07) is 6.52. The first-order chi connectivity index (χ1) is 12.0. The smallest absolute Gasteiger partial charge is 0.290 e. The van der Waals surface area contributed by atoms with Gasteiger partial charge in [-0.1, -0.05) is 12.1 Å². The number of nitrogens with one attached hydrogen (secondary N) is 1. The van der Waals surface area contributed by atoms with Crippen molar-refractivity contribution in [1.29, 1.82) is 0 Å². The summed E-state index contributed by atoms with van der Waals surface area (Å²) >= 11 is 0. The highest BCUT2D eigenvalue weighted by atomic mass is 16.5. The number of rotatable bonds is 6. The molecule has 1 atom stereocenters. The topological polar surface area (TPSA) is 95.5 Å². The molecular weight excluding hydrogens is 322 g/mol. The molecule has 2 N–H and O–H groups in total. The summed E-state index contributed by atoms with van der Waals surface area (Å²) in [5, 5.41) is 10.2. The summed E-state index contributed by atoms with van der Waals surface area (Å²) in [5.74, 6) is -0.738. The highest BCUT2D eigenvalue weighted by molar-refractivity contribution is 6.08. The summed E-state index contributed by atoms with van der Waals surface area (Å²) in [6.45, 7) is 1.69. The fourth-order valence-corrected chi connectivity index (χ4v) is 3.06. The van der Waals surface area contributed by atoms with Crippen LogP contribution in [0.25, 0.3) is 0 Å². The van der Waals surface area contributed by atoms with E-state index < -0.39 is 17.7 Å². The Bertz CT molecular complexity index is 827. The zero-order chi connectivity index (χ0) is 18.0. The molecule has 0 fully saturated rings. The van der Waals surface area contributed by atoms with Crippen LogP contribution in [0.2, 0.25) is 0 Å². The molecule has 1 aliphatic heterocycles. The number of nitrogens with zero attached hydrogens (tertiary/aromatic N) is 2. The number of ether oxygens (including phenoxy) is 1. The van der Waals surface area contributed by atoms with Gasteiger partial charge in [0, 0.05) is 24.9 Å². The van der Waals surface area contributed by atoms with Crippen molar-refractivity contribution >= 4 is 11.7 Å². The molecule has 0 radical (unpaired) electrons. The maximum absolute atomic E-state index is 12.5. The molecule has 1 aromatic carbocycles. The highest BCUT2D eigenvalue weighted by Gasteiger charge is 2.42. The molecule has 2 aromatic rings. The lowest BCUT2D eigenvalue weighted by Crippen LogP contribution is -2.33. The summed E-state index contributed by atoms with van der Waals surface area (Å²) in [4.78, 5) is 33.0. The molecule has 0 saturated carbocycles. The second-order valence-electron chi connectivity index (χ2n) is 5.82. The van der Waals surface area contributed by atoms with E-state index in [0.29, 0.717) is 24.3 Å². The first-order valence-corrected chi connectivity index (χ1v) is 7.89. The number of hydrogen-bond donors (Lipinski definition) is 2. The first kappa shape index (κ1) is 16.8. The maximum atomic E-state index is 12.5. The van der Waals surface area contributed by atoms with Crippen molar-refractivity contribution in [3.8, 4) is 5.75 Å². The average molecular weight is 341 g/mol. The Kier molecular flexibility index (Phi) is 4.56. The number of imidazole rings is 1. The van der Waals surface area contributed by atoms with Crippen molar-refractivity contribution in [2.75, 3.05) is 13.7 Å². The normalized spacial score (nSPS) is 17.3. The molecule has 0 saturated heterocycles. The van der Waals surface area contributed by atoms with Crippen LogP contribution in [0.5, 0.6) is 5.75 Å². The van der Waals surface area contributed by atoms with Crippen LogP contribution in [-0.2, 0) is 16.0 Å². The number of carbonyl (C=O) groups is 2. The molecule has 2 heterocycles. The predicted molar refractivity (Wildman–Crippen MR) is 90.1 cm³/mol. The van der Waals surface area contributed by atoms with Crippen LogP contribution < -0.4 is 4.74 Å². The number of aromatic amines is 1. The molecule has 7 nitrogen and oxygen atoms in total. The maximum Gasteiger partial charge on any atom is 0.290 e. The number of H-pyrrole nitrogens is 1. The Hall–Kier alpha value is -3.09. The zero-order valence-electron chi connectivity index (χ0n) is 14.0. The molecule has 1 aliphatic rings. The minimum absolute atomic E-state index is 0.114. The number of Topliss-reactive ketones (excluding diaryl/α,β-unsaturated/α-hetero) is 1. The van der Waals surface area contributed by atoms with Gasteiger partial charge in [0.25, 0.3) is 5.91 Å². The van der Waals surface area contributed by atoms with Gasteiger partial charge in [-0.25, -0.2) is 4.98 Å². The molecule has 3 rings (SSSR count). The molecule has 0 bridgehead atoms. The Balaban J connectivity index is 1.97. The number of amides is 1. The fourth-order valence-electron chi connectivity index (χ4n) is 3.06. The van der Waals surface area contributed by atoms with Gasteiger partial charge in [0.2, 0.25) is 0 Å². The van der Waals surface area contributed by atoms with Gasteiger partial charge in [-0.3, -0.25) is 9.59 Å². The summed E-state index contributed by atoms with van der Waals surface area (Å²) < 4.78 is 5.24. The van der Waals surface area contributed by atoms with Crippen LogP contribution in [0.1, 0.15) is 24.2 Å². The number of carbonyl (C=O) groups excluding carboxylic acids is 2. The summed E-state index contributed by atoms with van der Waals surface area (Å²) in [7, 11) is 1.55. The monoisotopic (exact) mass is 341 g/mol. The average Bonchev–Trinajstić information content (AvgIpc) is 3.21. The zero-order valence-corrected chi connectivity index (χ0v) is 14.0. The van der Waals surface area contributed by atoms with Gasteiger partial charge in [-0.05, 0) is 24.6 Å². The number of aromatic nitrogens is 2. The van der Waals surface area contributed by atoms with Gasteiger partial charge < -0.3 is 19.7 Å². The third kappa shape index (κ3) is 3.13. The van der Waals surface area contributed by atoms with Crippen LogP contribution in [0.4, 0.5) is 0 Å². The van der Waals surface area contributed by atoms with Crippen LogP contribution >= 0.6 is 0 Å². The molecule has 0 aliphatic carbocycles. The van der Waals surface area contributed by atoms with Gasteiger partial charge in [0.05, 0.1) is 25.1 Å². The standard InChI is InChI=1S/C18H19N3O4/c1-11(22)15-16(12-4-3-5-14(8-12)25-2)21(18(24)17(15)23)7-6-13-9-19-10-20-13/h3-5,8-10,16,23H,6-7H2,1-2H3,(H,19,20). The number of aliphatic hydroxyl groups excluding tert-OH is 1. The van der Waals surface area contributed by atoms with E-state index in [4.69, 9.17) is 4.74 Å². The Morgan fingerprint density at radius 1 is 1.44 bits per heavy atom. The fraction of sp³-hybridized carbons (Fsp3) is 0.278. The molecule has 1 amide bonds. The van der Waals surface area contributed by atoms with Crippen molar-refractivity contribution in [3.63, 3.8) is 0 Å². The van der Waals surface area contributed by atoms with E-state index in [1.165, 1.54) is 11.8 Å². The van der Waals surface area contributed by atoms with Crippen molar-refractivity contribution in [3.05, 3.63) is 59.4 Å². The van der Waals surface area contributed by atoms with Gasteiger partial charge in [-0.2, -0.15) is 0 Å². The lowest BCUT2D eigenvalue weighted by Gasteiger charge is -2.26. The largest absolute Gasteiger partial charge is 0.503 e. The molecular formula is C18H19N3O4. The Morgan fingerprint density at radius 3 is 2.88 bits per heavy atom. The Morgan fingerprint density at radius 2 is 2.24 bits per heavy atom. The van der Waals surface area contributed by atoms with Crippen molar-refractivity contribution in [2.24, 2.45) is 0 Å². The van der Waals surface area contributed by atoms with Gasteiger partial charge in [0.1, 0.15) is 5.75 Å². The molecule has 1 aromatic heterocycles. The summed E-state index contributed by atoms with van der Waals surface area (Å²) in [6.07, 6.45) is 3.78. The van der Waals surface area contributed by atoms with E-state index in [9.17, 15) is 14.7 Å². The number of methoxy groups -OCH3 is 1. The summed E-state index contributed by atoms with van der Waals surface area (Å²) in [5.41, 5.74) is 1.70. The third-order valence-corrected chi connectivity index (χ3v) is 4.27. The van der Waals surface area contributed by atoms with Gasteiger partial charge in [-0.15, -0.1) is 0 Å². The lowest BCUT2D eigenvalue weighted by molar-refractivity contribution is -0.129. The minimum atomic E-state index is -0.636. The van der Waals surface area contributed by atoms with E-state index in [0.717, 1.165) is 5.69 Å². The number of ketones is 1. The van der Waals surface area contributed by atoms with E-state index >= 15 is 0 Å². The second-order valence-corrected chi connectivity index (χ2v) is 5.82. The van der Waals surface area contributed by atoms with Crippen molar-refractivity contribution in [1.82, 2.24) is 14.9 Å². The van der Waals surface area contributed by atoms with Gasteiger partial charge in [0.15, 0.2) is 11.5 Å². The van der Waals surface area contributed by atoms with Crippen LogP contribution in [0, 0.1) is 0 Å². The number of benzene rings is 1. The van der Waals surface area contributed by atoms with E-state index in [1.54, 1.807) is 37.8 Å². The second kappa shape index (κ2) is 6.80. The highest BCUT2D eigenvalue weighted by Crippen LogP contribution is 2.38. The van der Waals surface area contributed by atoms with Crippen molar-refractivity contribution < 1.29 is 19.4 Å². The SMILES string of the molecule is COc1cccc(C2C(C(C)=O)=C(O)C(=O)N2CCc2cnc[nH]2)c1. The van der Waals surface area contributed by atoms with E-state index in [1.807, 2.05) is 6.07 Å². The minimum Gasteiger partial charge on any atom is -0.503 e. The van der Waals surface area contributed by atoms with Crippen LogP contribution in [0.15, 0.2) is 48.1 Å². The van der Waals surface area contributed by atoms with Gasteiger partial charge >= 0.3 is 0 Å². The first-order valence-electron chi connectivity index (χ1n) is 7.89. The van der Waals surface area contributed by atoms with Crippen LogP contribution in [0.3, 0.4) is 0 Å².